The van der Waals surface area contributed by atoms with E-state index in [1.54, 1.807) is 0 Å². The first kappa shape index (κ1) is 5.94. The zero-order valence-corrected chi connectivity index (χ0v) is 4.01. The fourth-order valence-corrected chi connectivity index (χ4v) is 0.182. The topological polar surface area (TPSA) is 81.5 Å². The first-order valence-electron chi connectivity index (χ1n) is 1.73. The number of guanidine groups is 1. The van der Waals surface area contributed by atoms with Crippen molar-refractivity contribution in [3.05, 3.63) is 0 Å². The molecule has 0 aromatic rings. The fraction of sp³-hybridized carbons (Fsp3) is 0.333. The van der Waals surface area contributed by atoms with E-state index in [0.717, 1.165) is 0 Å². The van der Waals surface area contributed by atoms with E-state index in [2.05, 4.69) is 4.99 Å². The highest BCUT2D eigenvalue weighted by Gasteiger charge is 1.82. The van der Waals surface area contributed by atoms with Crippen molar-refractivity contribution in [2.75, 3.05) is 0 Å². The normalized spacial score (nSPS) is 7.57. The molecule has 0 saturated heterocycles. The van der Waals surface area contributed by atoms with Crippen LogP contribution in [0, 0.1) is 0 Å². The van der Waals surface area contributed by atoms with Gasteiger partial charge in [0.1, 0.15) is 0 Å². The monoisotopic (exact) mass is 104 g/mol. The predicted octanol–water partition coefficient (Wildman–Crippen LogP) is -1.19. The van der Waals surface area contributed by atoms with Crippen LogP contribution in [-0.4, -0.2) is 11.9 Å². The Labute approximate surface area is 41.2 Å². The molecule has 0 rings (SSSR count). The number of nitrogens with two attached hydrogens (primary N) is 2. The van der Waals surface area contributed by atoms with Gasteiger partial charge in [0, 0.05) is 6.92 Å². The lowest BCUT2D eigenvalue weighted by molar-refractivity contribution is -0.115. The molecule has 0 heterocycles. The van der Waals surface area contributed by atoms with Crippen molar-refractivity contribution in [1.82, 2.24) is 0 Å². The fourth-order valence-electron chi connectivity index (χ4n) is 0.182. The lowest BCUT2D eigenvalue weighted by atomic mass is 10.8. The highest BCUT2D eigenvalue weighted by molar-refractivity contribution is 5.90. The molecule has 0 spiro atoms. The summed E-state index contributed by atoms with van der Waals surface area (Å²) >= 11 is 0. The van der Waals surface area contributed by atoms with Crippen molar-refractivity contribution in [3.8, 4) is 0 Å². The van der Waals surface area contributed by atoms with Crippen LogP contribution in [0.2, 0.25) is 0 Å². The number of amides is 1. The second kappa shape index (κ2) is 2.17. The zero-order chi connectivity index (χ0) is 5.86. The molecule has 0 bridgehead atoms. The van der Waals surface area contributed by atoms with Gasteiger partial charge in [-0.15, -0.1) is 0 Å². The maximum Gasteiger partial charge on any atom is 0.245 e. The van der Waals surface area contributed by atoms with Crippen LogP contribution in [0.15, 0.2) is 4.99 Å². The molecule has 0 aliphatic rings. The third kappa shape index (κ3) is 4.94. The van der Waals surface area contributed by atoms with Gasteiger partial charge in [-0.25, -0.2) is 0 Å². The summed E-state index contributed by atoms with van der Waals surface area (Å²) in [6.07, 6.45) is 0. The van der Waals surface area contributed by atoms with Gasteiger partial charge >= 0.3 is 0 Å². The Balaban J connectivity index is 3.68. The van der Waals surface area contributed by atoms with E-state index in [1.807, 2.05) is 0 Å². The summed E-state index contributed by atoms with van der Waals surface area (Å²) in [7, 11) is 0. The minimum Gasteiger partial charge on any atom is -0.370 e. The predicted molar refractivity (Wildman–Crippen MR) is 26.5 cm³/mol. The number of carbonyl (C=O) groups excluding carboxylic acids is 1. The number of aliphatic imine (C=N–C) groups is 1. The van der Waals surface area contributed by atoms with Crippen LogP contribution in [0.3, 0.4) is 0 Å². The largest absolute Gasteiger partial charge is 0.370 e. The van der Waals surface area contributed by atoms with E-state index in [9.17, 15) is 4.79 Å². The third-order valence-electron chi connectivity index (χ3n) is 0.287. The van der Waals surface area contributed by atoms with Crippen molar-refractivity contribution in [2.24, 2.45) is 16.5 Å². The quantitative estimate of drug-likeness (QED) is 0.230. The van der Waals surface area contributed by atoms with Crippen LogP contribution in [-0.2, 0) is 4.79 Å². The van der Waals surface area contributed by atoms with Gasteiger partial charge in [-0.05, 0) is 0 Å². The Hall–Kier alpha value is -1.06. The Morgan fingerprint density at radius 1 is 1.57 bits per heavy atom. The molecule has 0 atom stereocenters. The summed E-state index contributed by atoms with van der Waals surface area (Å²) in [6.45, 7) is 1.28. The van der Waals surface area contributed by atoms with Gasteiger partial charge in [-0.2, -0.15) is 4.99 Å². The maximum atomic E-state index is 9.91. The summed E-state index contributed by atoms with van der Waals surface area (Å²) in [5, 5.41) is 0. The van der Waals surface area contributed by atoms with Crippen molar-refractivity contribution in [3.63, 3.8) is 0 Å². The molecular formula is C3H7N3O. The van der Waals surface area contributed by atoms with Crippen molar-refractivity contribution in [1.29, 1.82) is 0 Å². The molecule has 40 valence electrons. The first-order chi connectivity index (χ1) is 3.13. The smallest absolute Gasteiger partial charge is 0.245 e. The Kier molecular flexibility index (Phi) is 1.84. The second-order valence-corrected chi connectivity index (χ2v) is 1.06. The summed E-state index contributed by atoms with van der Waals surface area (Å²) < 4.78 is 0. The van der Waals surface area contributed by atoms with Crippen LogP contribution in [0.1, 0.15) is 6.92 Å². The Bertz CT molecular complexity index is 103. The van der Waals surface area contributed by atoms with Gasteiger partial charge in [0.25, 0.3) is 0 Å². The van der Waals surface area contributed by atoms with Crippen LogP contribution in [0.4, 0.5) is 0 Å². The number of nitrogens with zero attached hydrogens (tertiary/aromatic N) is 1. The first-order valence-corrected chi connectivity index (χ1v) is 1.73. The zero-order valence-electron chi connectivity index (χ0n) is 4.01. The van der Waals surface area contributed by atoms with Gasteiger partial charge in [-0.1, -0.05) is 0 Å². The van der Waals surface area contributed by atoms with E-state index in [0.29, 0.717) is 0 Å². The molecule has 0 aliphatic heterocycles. The lowest BCUT2D eigenvalue weighted by Crippen LogP contribution is -2.23. The van der Waals surface area contributed by atoms with Gasteiger partial charge < -0.3 is 11.5 Å². The van der Waals surface area contributed by atoms with Crippen LogP contribution >= 0.6 is 0 Å². The molecule has 0 unspecified atom stereocenters. The van der Waals surface area contributed by atoms with Gasteiger partial charge in [0.2, 0.25) is 5.91 Å². The second-order valence-electron chi connectivity index (χ2n) is 1.06. The van der Waals surface area contributed by atoms with E-state index in [-0.39, 0.29) is 11.9 Å². The standard InChI is InChI=1S/C3H7N3O/c1-2(7)6-3(4)5/h1H3,(H4,4,5,6,7)/i4+1,5+1,6+1. The van der Waals surface area contributed by atoms with E-state index >= 15 is 0 Å². The number of hydrogen-bond donors (Lipinski definition) is 2. The average molecular weight is 104 g/mol. The molecular weight excluding hydrogens is 97.0 g/mol. The molecule has 0 aliphatic carbocycles. The molecule has 0 radical (unpaired) electrons. The molecule has 4 nitrogen and oxygen atoms in total. The van der Waals surface area contributed by atoms with Crippen LogP contribution in [0.25, 0.3) is 0 Å². The number of hydrogen-bond acceptors (Lipinski definition) is 1. The molecule has 7 heavy (non-hydrogen) atoms. The highest BCUT2D eigenvalue weighted by atomic mass is 16.2. The molecule has 4 N–H and O–H groups in total. The Morgan fingerprint density at radius 2 is 2.00 bits per heavy atom. The summed E-state index contributed by atoms with van der Waals surface area (Å²) in [4.78, 5) is 13.0. The van der Waals surface area contributed by atoms with E-state index < -0.39 is 0 Å². The SMILES string of the molecule is CC(=O)[15N]=C([15NH2])[15NH2]. The van der Waals surface area contributed by atoms with Gasteiger partial charge in [0.15, 0.2) is 5.96 Å². The van der Waals surface area contributed by atoms with E-state index in [1.165, 1.54) is 6.92 Å². The molecule has 1 amide bonds. The molecule has 0 aromatic carbocycles. The average Bonchev–Trinajstić information content (AvgIpc) is 1.27. The summed E-state index contributed by atoms with van der Waals surface area (Å²) in [5.74, 6) is -0.562. The van der Waals surface area contributed by atoms with Crippen molar-refractivity contribution >= 4 is 11.9 Å². The minimum atomic E-state index is -0.375. The maximum absolute atomic E-state index is 9.91. The molecule has 4 heteroatoms. The molecule has 0 aromatic heterocycles. The Morgan fingerprint density at radius 3 is 2.00 bits per heavy atom. The summed E-state index contributed by atoms with van der Waals surface area (Å²) in [6, 6.07) is 0. The highest BCUT2D eigenvalue weighted by Crippen LogP contribution is 1.64. The molecule has 0 saturated carbocycles. The van der Waals surface area contributed by atoms with Crippen LogP contribution < -0.4 is 11.5 Å². The molecule has 0 fully saturated rings. The lowest BCUT2D eigenvalue weighted by Gasteiger charge is -1.81. The van der Waals surface area contributed by atoms with Crippen molar-refractivity contribution < 1.29 is 4.79 Å². The minimum absolute atomic E-state index is 0.187. The number of carbonyl (C=O) groups is 1. The van der Waals surface area contributed by atoms with E-state index in [4.69, 9.17) is 11.5 Å². The number of rotatable bonds is 0. The third-order valence-corrected chi connectivity index (χ3v) is 0.287. The van der Waals surface area contributed by atoms with Crippen LogP contribution in [0.5, 0.6) is 0 Å². The van der Waals surface area contributed by atoms with Gasteiger partial charge in [-0.3, -0.25) is 4.79 Å². The van der Waals surface area contributed by atoms with Gasteiger partial charge in [0.05, 0.1) is 0 Å². The summed E-state index contributed by atoms with van der Waals surface area (Å²) in [5.41, 5.74) is 9.60. The van der Waals surface area contributed by atoms with Crippen molar-refractivity contribution in [2.45, 2.75) is 6.92 Å².